The van der Waals surface area contributed by atoms with Gasteiger partial charge in [0.05, 0.1) is 5.69 Å². The molecule has 1 saturated carbocycles. The minimum Gasteiger partial charge on any atom is -0.383 e. The topological polar surface area (TPSA) is 90.2 Å². The van der Waals surface area contributed by atoms with E-state index in [4.69, 9.17) is 11.5 Å². The Morgan fingerprint density at radius 3 is 2.74 bits per heavy atom. The summed E-state index contributed by atoms with van der Waals surface area (Å²) in [5, 5.41) is 0. The highest BCUT2D eigenvalue weighted by Crippen LogP contribution is 2.31. The summed E-state index contributed by atoms with van der Waals surface area (Å²) >= 11 is 0. The maximum atomic E-state index is 12.1. The fraction of sp³-hybridized carbons (Fsp3) is 0.524. The zero-order chi connectivity index (χ0) is 19.0. The van der Waals surface area contributed by atoms with Crippen LogP contribution < -0.4 is 17.2 Å². The Kier molecular flexibility index (Phi) is 5.02. The van der Waals surface area contributed by atoms with E-state index >= 15 is 0 Å². The van der Waals surface area contributed by atoms with Crippen molar-refractivity contribution in [2.24, 2.45) is 5.73 Å². The van der Waals surface area contributed by atoms with E-state index in [0.717, 1.165) is 44.3 Å². The number of anilines is 1. The number of fused-ring (bicyclic) bond motifs is 1. The Labute approximate surface area is 160 Å². The number of rotatable bonds is 4. The first-order valence-corrected chi connectivity index (χ1v) is 10.0. The molecule has 4 N–H and O–H groups in total. The number of benzene rings is 1. The van der Waals surface area contributed by atoms with Gasteiger partial charge >= 0.3 is 5.69 Å². The van der Waals surface area contributed by atoms with E-state index in [0.29, 0.717) is 18.1 Å². The third-order valence-corrected chi connectivity index (χ3v) is 6.24. The number of likely N-dealkylation sites (N-methyl/N-ethyl adjacent to an activating group) is 1. The van der Waals surface area contributed by atoms with Crippen molar-refractivity contribution < 1.29 is 0 Å². The Morgan fingerprint density at radius 1 is 1.19 bits per heavy atom. The lowest BCUT2D eigenvalue weighted by atomic mass is 9.86. The van der Waals surface area contributed by atoms with Crippen LogP contribution in [0.1, 0.15) is 43.7 Å². The number of nitrogens with zero attached hydrogens (tertiary/aromatic N) is 3. The second-order valence-corrected chi connectivity index (χ2v) is 7.91. The summed E-state index contributed by atoms with van der Waals surface area (Å²) in [6, 6.07) is 9.57. The first-order valence-electron chi connectivity index (χ1n) is 10.0. The number of aryl methyl sites for hydroxylation is 1. The second-order valence-electron chi connectivity index (χ2n) is 7.91. The predicted octanol–water partition coefficient (Wildman–Crippen LogP) is 1.87. The molecule has 1 aromatic heterocycles. The van der Waals surface area contributed by atoms with Crippen LogP contribution >= 0.6 is 0 Å². The van der Waals surface area contributed by atoms with Crippen LogP contribution in [-0.4, -0.2) is 39.1 Å². The van der Waals surface area contributed by atoms with Crippen LogP contribution in [0.25, 0.3) is 5.69 Å². The molecule has 4 rings (SSSR count). The molecule has 0 saturated heterocycles. The fourth-order valence-corrected chi connectivity index (χ4v) is 4.88. The summed E-state index contributed by atoms with van der Waals surface area (Å²) in [5.41, 5.74) is 15.0. The molecule has 2 aliphatic carbocycles. The molecule has 27 heavy (non-hydrogen) atoms. The van der Waals surface area contributed by atoms with Crippen molar-refractivity contribution in [2.75, 3.05) is 12.3 Å². The molecule has 0 amide bonds. The first kappa shape index (κ1) is 18.2. The van der Waals surface area contributed by atoms with Crippen molar-refractivity contribution in [1.82, 2.24) is 14.5 Å². The number of hydrogen-bond donors (Lipinski definition) is 2. The van der Waals surface area contributed by atoms with Crippen molar-refractivity contribution in [1.29, 1.82) is 0 Å². The molecule has 3 atom stereocenters. The lowest BCUT2D eigenvalue weighted by Gasteiger charge is -2.38. The van der Waals surface area contributed by atoms with Crippen LogP contribution in [0.5, 0.6) is 0 Å². The molecule has 0 spiro atoms. The van der Waals surface area contributed by atoms with Gasteiger partial charge in [0.15, 0.2) is 0 Å². The van der Waals surface area contributed by atoms with E-state index < -0.39 is 0 Å². The molecule has 0 bridgehead atoms. The number of aromatic nitrogens is 2. The summed E-state index contributed by atoms with van der Waals surface area (Å²) in [7, 11) is 0. The molecule has 0 radical (unpaired) electrons. The normalized spacial score (nSPS) is 24.9. The highest BCUT2D eigenvalue weighted by atomic mass is 16.1. The Morgan fingerprint density at radius 2 is 2.04 bits per heavy atom. The average Bonchev–Trinajstić information content (AvgIpc) is 3.08. The van der Waals surface area contributed by atoms with Crippen LogP contribution in [0.4, 0.5) is 5.82 Å². The molecule has 6 nitrogen and oxygen atoms in total. The van der Waals surface area contributed by atoms with Crippen molar-refractivity contribution in [3.05, 3.63) is 52.1 Å². The van der Waals surface area contributed by atoms with Crippen molar-refractivity contribution in [3.8, 4) is 5.69 Å². The SMILES string of the molecule is CCN(C1CCc2cc(-n3ccc(N)nc3=O)ccc2C1)[C@H]1CC[C@H](N)C1. The van der Waals surface area contributed by atoms with E-state index in [1.54, 1.807) is 16.8 Å². The molecule has 2 aromatic rings. The van der Waals surface area contributed by atoms with Crippen molar-refractivity contribution >= 4 is 5.82 Å². The maximum Gasteiger partial charge on any atom is 0.354 e. The zero-order valence-corrected chi connectivity index (χ0v) is 16.0. The van der Waals surface area contributed by atoms with Crippen LogP contribution in [0, 0.1) is 0 Å². The largest absolute Gasteiger partial charge is 0.383 e. The quantitative estimate of drug-likeness (QED) is 0.861. The third kappa shape index (κ3) is 3.64. The molecule has 1 unspecified atom stereocenters. The molecule has 6 heteroatoms. The second kappa shape index (κ2) is 7.44. The van der Waals surface area contributed by atoms with Gasteiger partial charge < -0.3 is 11.5 Å². The van der Waals surface area contributed by atoms with Crippen LogP contribution in [-0.2, 0) is 12.8 Å². The minimum absolute atomic E-state index is 0.253. The summed E-state index contributed by atoms with van der Waals surface area (Å²) in [6.45, 7) is 3.35. The first-order chi connectivity index (χ1) is 13.0. The Balaban J connectivity index is 1.54. The highest BCUT2D eigenvalue weighted by molar-refractivity contribution is 5.43. The van der Waals surface area contributed by atoms with E-state index in [-0.39, 0.29) is 11.5 Å². The van der Waals surface area contributed by atoms with Gasteiger partial charge in [0, 0.05) is 24.3 Å². The number of nitrogen functional groups attached to an aromatic ring is 1. The predicted molar refractivity (Wildman–Crippen MR) is 108 cm³/mol. The molecular formula is C21H29N5O. The summed E-state index contributed by atoms with van der Waals surface area (Å²) in [5.74, 6) is 0.253. The lowest BCUT2D eigenvalue weighted by Crippen LogP contribution is -2.45. The van der Waals surface area contributed by atoms with E-state index in [1.807, 2.05) is 6.07 Å². The molecule has 2 aliphatic rings. The molecule has 0 aliphatic heterocycles. The standard InChI is InChI=1S/C21H29N5O/c1-2-25(19-8-5-16(22)13-19)17-6-3-15-12-18(7-4-14(15)11-17)26-10-9-20(23)24-21(26)27/h4,7,9-10,12,16-17,19H,2-3,5-6,8,11,13,22H2,1H3,(H2,23,24,27)/t16-,17?,19-/m0/s1. The Bertz CT molecular complexity index is 877. The van der Waals surface area contributed by atoms with Gasteiger partial charge in [0.1, 0.15) is 5.82 Å². The van der Waals surface area contributed by atoms with Crippen LogP contribution in [0.3, 0.4) is 0 Å². The van der Waals surface area contributed by atoms with Crippen molar-refractivity contribution in [3.63, 3.8) is 0 Å². The molecule has 1 aromatic carbocycles. The van der Waals surface area contributed by atoms with Gasteiger partial charge in [-0.25, -0.2) is 4.79 Å². The van der Waals surface area contributed by atoms with Gasteiger partial charge in [-0.15, -0.1) is 0 Å². The number of hydrogen-bond acceptors (Lipinski definition) is 5. The van der Waals surface area contributed by atoms with Gasteiger partial charge in [-0.05, 0) is 74.4 Å². The molecule has 1 heterocycles. The van der Waals surface area contributed by atoms with Crippen LogP contribution in [0.2, 0.25) is 0 Å². The number of nitrogens with two attached hydrogens (primary N) is 2. The summed E-state index contributed by atoms with van der Waals surface area (Å²) in [6.07, 6.45) is 8.47. The highest BCUT2D eigenvalue weighted by Gasteiger charge is 2.32. The minimum atomic E-state index is -0.335. The molecular weight excluding hydrogens is 338 g/mol. The van der Waals surface area contributed by atoms with Gasteiger partial charge in [-0.3, -0.25) is 9.47 Å². The summed E-state index contributed by atoms with van der Waals surface area (Å²) < 4.78 is 1.56. The van der Waals surface area contributed by atoms with E-state index in [1.165, 1.54) is 17.5 Å². The average molecular weight is 367 g/mol. The van der Waals surface area contributed by atoms with Crippen molar-refractivity contribution in [2.45, 2.75) is 63.6 Å². The molecule has 144 valence electrons. The summed E-state index contributed by atoms with van der Waals surface area (Å²) in [4.78, 5) is 18.6. The van der Waals surface area contributed by atoms with E-state index in [9.17, 15) is 4.79 Å². The monoisotopic (exact) mass is 367 g/mol. The third-order valence-electron chi connectivity index (χ3n) is 6.24. The van der Waals surface area contributed by atoms with Gasteiger partial charge in [-0.1, -0.05) is 13.0 Å². The van der Waals surface area contributed by atoms with E-state index in [2.05, 4.69) is 28.9 Å². The van der Waals surface area contributed by atoms with Gasteiger partial charge in [0.25, 0.3) is 0 Å². The smallest absolute Gasteiger partial charge is 0.354 e. The zero-order valence-electron chi connectivity index (χ0n) is 16.0. The fourth-order valence-electron chi connectivity index (χ4n) is 4.88. The lowest BCUT2D eigenvalue weighted by molar-refractivity contribution is 0.130. The Hall–Kier alpha value is -2.18. The van der Waals surface area contributed by atoms with Gasteiger partial charge in [0.2, 0.25) is 0 Å². The van der Waals surface area contributed by atoms with Gasteiger partial charge in [-0.2, -0.15) is 4.98 Å². The van der Waals surface area contributed by atoms with Crippen LogP contribution in [0.15, 0.2) is 35.3 Å². The maximum absolute atomic E-state index is 12.1. The molecule has 1 fully saturated rings.